The van der Waals surface area contributed by atoms with Gasteiger partial charge in [0.1, 0.15) is 12.5 Å². The topological polar surface area (TPSA) is 116 Å². The third kappa shape index (κ3) is 5.15. The molecule has 35 heavy (non-hydrogen) atoms. The highest BCUT2D eigenvalue weighted by Gasteiger charge is 2.45. The second-order valence-electron chi connectivity index (χ2n) is 9.54. The number of nitrogens with one attached hydrogen (secondary N) is 2. The number of anilines is 1. The van der Waals surface area contributed by atoms with E-state index in [-0.39, 0.29) is 35.9 Å². The highest BCUT2D eigenvalue weighted by molar-refractivity contribution is 6.23. The lowest BCUT2D eigenvalue weighted by Crippen LogP contribution is -2.54. The molecule has 0 radical (unpaired) electrons. The molecule has 5 amide bonds. The van der Waals surface area contributed by atoms with Crippen LogP contribution in [0, 0.1) is 5.41 Å². The molecule has 3 aliphatic rings. The molecule has 3 aliphatic heterocycles. The molecule has 2 fully saturated rings. The number of halogens is 3. The van der Waals surface area contributed by atoms with Crippen molar-refractivity contribution < 1.29 is 37.1 Å². The summed E-state index contributed by atoms with van der Waals surface area (Å²) in [5.74, 6) is -3.33. The monoisotopic (exact) mass is 494 g/mol. The van der Waals surface area contributed by atoms with Gasteiger partial charge >= 0.3 is 6.18 Å². The molecular weight excluding hydrogens is 469 g/mol. The van der Waals surface area contributed by atoms with Crippen molar-refractivity contribution in [2.24, 2.45) is 5.41 Å². The van der Waals surface area contributed by atoms with Crippen LogP contribution < -0.4 is 15.5 Å². The second kappa shape index (κ2) is 8.97. The zero-order chi connectivity index (χ0) is 25.5. The van der Waals surface area contributed by atoms with Crippen LogP contribution in [-0.4, -0.2) is 66.3 Å². The van der Waals surface area contributed by atoms with Gasteiger partial charge in [-0.15, -0.1) is 0 Å². The van der Waals surface area contributed by atoms with Crippen molar-refractivity contribution in [1.82, 2.24) is 15.5 Å². The lowest BCUT2D eigenvalue weighted by molar-refractivity contribution is -0.154. The summed E-state index contributed by atoms with van der Waals surface area (Å²) in [5.41, 5.74) is 0.712. The highest BCUT2D eigenvalue weighted by Crippen LogP contribution is 2.35. The van der Waals surface area contributed by atoms with Crippen molar-refractivity contribution in [1.29, 1.82) is 0 Å². The fourth-order valence-electron chi connectivity index (χ4n) is 4.69. The van der Waals surface area contributed by atoms with Gasteiger partial charge in [-0.2, -0.15) is 13.2 Å². The van der Waals surface area contributed by atoms with Crippen molar-refractivity contribution in [2.75, 3.05) is 24.5 Å². The van der Waals surface area contributed by atoms with Crippen molar-refractivity contribution in [3.63, 3.8) is 0 Å². The summed E-state index contributed by atoms with van der Waals surface area (Å²) in [6.07, 6.45) is -4.73. The number of rotatable bonds is 5. The Balaban J connectivity index is 1.40. The van der Waals surface area contributed by atoms with Crippen LogP contribution in [0.25, 0.3) is 0 Å². The highest BCUT2D eigenvalue weighted by atomic mass is 19.4. The molecule has 1 atom stereocenters. The van der Waals surface area contributed by atoms with Crippen molar-refractivity contribution in [2.45, 2.75) is 51.2 Å². The number of alkyl halides is 3. The predicted molar refractivity (Wildman–Crippen MR) is 116 cm³/mol. The molecule has 0 saturated carbocycles. The Labute approximate surface area is 199 Å². The fourth-order valence-corrected chi connectivity index (χ4v) is 4.69. The molecule has 2 N–H and O–H groups in total. The number of carbonyl (C=O) groups is 5. The number of hydrogen-bond acceptors (Lipinski definition) is 6. The summed E-state index contributed by atoms with van der Waals surface area (Å²) < 4.78 is 37.1. The molecule has 9 nitrogen and oxygen atoms in total. The van der Waals surface area contributed by atoms with E-state index in [0.717, 1.165) is 4.90 Å². The van der Waals surface area contributed by atoms with Gasteiger partial charge in [0.2, 0.25) is 17.7 Å². The minimum absolute atomic E-state index is 0.0399. The first-order valence-electron chi connectivity index (χ1n) is 11.3. The number of fused-ring (bicyclic) bond motifs is 1. The Morgan fingerprint density at radius 2 is 1.77 bits per heavy atom. The van der Waals surface area contributed by atoms with Crippen LogP contribution in [-0.2, 0) is 14.4 Å². The molecule has 0 aromatic heterocycles. The smallest absolute Gasteiger partial charge is 0.371 e. The minimum atomic E-state index is -4.55. The van der Waals surface area contributed by atoms with E-state index in [2.05, 4.69) is 10.6 Å². The molecule has 0 aliphatic carbocycles. The number of hydrogen-bond donors (Lipinski definition) is 2. The van der Waals surface area contributed by atoms with E-state index < -0.39 is 48.2 Å². The van der Waals surface area contributed by atoms with Gasteiger partial charge in [-0.3, -0.25) is 34.2 Å². The normalized spacial score (nSPS) is 22.2. The van der Waals surface area contributed by atoms with Gasteiger partial charge in [0, 0.05) is 31.7 Å². The first kappa shape index (κ1) is 24.7. The summed E-state index contributed by atoms with van der Waals surface area (Å²) in [7, 11) is 0. The molecule has 12 heteroatoms. The summed E-state index contributed by atoms with van der Waals surface area (Å²) in [6, 6.07) is 3.83. The van der Waals surface area contributed by atoms with E-state index in [1.54, 1.807) is 18.2 Å². The van der Waals surface area contributed by atoms with Gasteiger partial charge in [-0.1, -0.05) is 6.92 Å². The molecule has 4 rings (SSSR count). The molecule has 188 valence electrons. The number of carbonyl (C=O) groups excluding carboxylic acids is 5. The summed E-state index contributed by atoms with van der Waals surface area (Å²) in [4.78, 5) is 63.9. The van der Waals surface area contributed by atoms with Crippen LogP contribution in [0.4, 0.5) is 18.9 Å². The Morgan fingerprint density at radius 3 is 2.40 bits per heavy atom. The minimum Gasteiger partial charge on any atom is -0.371 e. The van der Waals surface area contributed by atoms with Crippen LogP contribution >= 0.6 is 0 Å². The van der Waals surface area contributed by atoms with E-state index in [9.17, 15) is 37.1 Å². The Kier molecular flexibility index (Phi) is 6.32. The van der Waals surface area contributed by atoms with E-state index in [1.807, 2.05) is 11.8 Å². The first-order chi connectivity index (χ1) is 16.4. The molecule has 2 saturated heterocycles. The maximum atomic E-state index is 13.0. The summed E-state index contributed by atoms with van der Waals surface area (Å²) in [6.45, 7) is 3.13. The summed E-state index contributed by atoms with van der Waals surface area (Å²) >= 11 is 0. The van der Waals surface area contributed by atoms with Gasteiger partial charge in [-0.05, 0) is 42.9 Å². The SMILES string of the molecule is CC1(CNC(=O)CC(F)(F)F)CCN(c2ccc3c(c2)C(=O)N(C2CCC(=O)NC2=O)C3=O)CC1. The van der Waals surface area contributed by atoms with Crippen LogP contribution in [0.2, 0.25) is 0 Å². The van der Waals surface area contributed by atoms with Crippen LogP contribution in [0.1, 0.15) is 59.7 Å². The van der Waals surface area contributed by atoms with E-state index in [1.165, 1.54) is 0 Å². The third-order valence-corrected chi connectivity index (χ3v) is 6.83. The number of piperidine rings is 2. The fraction of sp³-hybridized carbons (Fsp3) is 0.522. The van der Waals surface area contributed by atoms with Crippen LogP contribution in [0.15, 0.2) is 18.2 Å². The number of benzene rings is 1. The van der Waals surface area contributed by atoms with Gasteiger partial charge in [0.25, 0.3) is 11.8 Å². The molecule has 1 unspecified atom stereocenters. The van der Waals surface area contributed by atoms with E-state index in [4.69, 9.17) is 0 Å². The Morgan fingerprint density at radius 1 is 1.11 bits per heavy atom. The maximum Gasteiger partial charge on any atom is 0.397 e. The van der Waals surface area contributed by atoms with Gasteiger partial charge in [-0.25, -0.2) is 0 Å². The van der Waals surface area contributed by atoms with Crippen molar-refractivity contribution in [3.05, 3.63) is 29.3 Å². The van der Waals surface area contributed by atoms with Crippen LogP contribution in [0.3, 0.4) is 0 Å². The number of imide groups is 2. The van der Waals surface area contributed by atoms with E-state index >= 15 is 0 Å². The summed E-state index contributed by atoms with van der Waals surface area (Å²) in [5, 5.41) is 4.53. The maximum absolute atomic E-state index is 13.0. The first-order valence-corrected chi connectivity index (χ1v) is 11.3. The lowest BCUT2D eigenvalue weighted by atomic mass is 9.80. The predicted octanol–water partition coefficient (Wildman–Crippen LogP) is 1.76. The molecular formula is C23H25F3N4O5. The standard InChI is InChI=1S/C23H25F3N4O5/c1-22(12-27-18(32)11-23(24,25)26)6-8-29(9-7-22)13-2-3-14-15(10-13)21(35)30(20(14)34)16-4-5-17(31)28-19(16)33/h2-3,10,16H,4-9,11-12H2,1H3,(H,27,32)(H,28,31,33). The zero-order valence-electron chi connectivity index (χ0n) is 19.0. The largest absolute Gasteiger partial charge is 0.397 e. The quantitative estimate of drug-likeness (QED) is 0.603. The molecule has 3 heterocycles. The van der Waals surface area contributed by atoms with Crippen molar-refractivity contribution in [3.8, 4) is 0 Å². The third-order valence-electron chi connectivity index (χ3n) is 6.83. The zero-order valence-corrected chi connectivity index (χ0v) is 19.0. The van der Waals surface area contributed by atoms with Gasteiger partial charge in [0.15, 0.2) is 0 Å². The van der Waals surface area contributed by atoms with Crippen molar-refractivity contribution >= 4 is 35.2 Å². The van der Waals surface area contributed by atoms with Gasteiger partial charge in [0.05, 0.1) is 11.1 Å². The van der Waals surface area contributed by atoms with E-state index in [0.29, 0.717) is 31.6 Å². The molecule has 1 aromatic carbocycles. The molecule has 0 bridgehead atoms. The second-order valence-corrected chi connectivity index (χ2v) is 9.54. The number of amides is 5. The number of nitrogens with zero attached hydrogens (tertiary/aromatic N) is 2. The average molecular weight is 494 g/mol. The average Bonchev–Trinajstić information content (AvgIpc) is 3.02. The van der Waals surface area contributed by atoms with Crippen LogP contribution in [0.5, 0.6) is 0 Å². The Bertz CT molecular complexity index is 1100. The Hall–Kier alpha value is -3.44. The molecule has 0 spiro atoms. The lowest BCUT2D eigenvalue weighted by Gasteiger charge is -2.40. The van der Waals surface area contributed by atoms with Gasteiger partial charge < -0.3 is 10.2 Å². The molecule has 1 aromatic rings.